The molecule has 0 amide bonds. The van der Waals surface area contributed by atoms with Crippen molar-refractivity contribution < 1.29 is 8.42 Å². The molecule has 0 aliphatic heterocycles. The van der Waals surface area contributed by atoms with Crippen molar-refractivity contribution in [3.05, 3.63) is 29.8 Å². The smallest absolute Gasteiger partial charge is 0.178 e. The Kier molecular flexibility index (Phi) is 6.46. The van der Waals surface area contributed by atoms with Gasteiger partial charge >= 0.3 is 0 Å². The Labute approximate surface area is 147 Å². The van der Waals surface area contributed by atoms with E-state index in [-0.39, 0.29) is 17.7 Å². The average Bonchev–Trinajstić information content (AvgIpc) is 2.56. The van der Waals surface area contributed by atoms with Crippen molar-refractivity contribution in [1.82, 2.24) is 4.90 Å². The lowest BCUT2D eigenvalue weighted by Gasteiger charge is -2.40. The minimum atomic E-state index is -3.29. The van der Waals surface area contributed by atoms with Gasteiger partial charge in [-0.2, -0.15) is 0 Å². The first-order chi connectivity index (χ1) is 11.2. The Morgan fingerprint density at radius 2 is 1.83 bits per heavy atom. The van der Waals surface area contributed by atoms with Gasteiger partial charge in [0.05, 0.1) is 10.6 Å². The maximum Gasteiger partial charge on any atom is 0.178 e. The molecule has 2 rings (SSSR count). The largest absolute Gasteiger partial charge is 0.327 e. The Bertz CT molecular complexity index is 625. The summed E-state index contributed by atoms with van der Waals surface area (Å²) in [5.41, 5.74) is 7.42. The second-order valence-electron chi connectivity index (χ2n) is 7.43. The van der Waals surface area contributed by atoms with Gasteiger partial charge in [-0.3, -0.25) is 0 Å². The predicted molar refractivity (Wildman–Crippen MR) is 99.9 cm³/mol. The Morgan fingerprint density at radius 3 is 2.38 bits per heavy atom. The lowest BCUT2D eigenvalue weighted by Crippen LogP contribution is -2.48. The van der Waals surface area contributed by atoms with Gasteiger partial charge in [0.1, 0.15) is 0 Å². The summed E-state index contributed by atoms with van der Waals surface area (Å²) >= 11 is 0. The van der Waals surface area contributed by atoms with E-state index in [2.05, 4.69) is 32.7 Å². The first-order valence-corrected chi connectivity index (χ1v) is 10.7. The van der Waals surface area contributed by atoms with Gasteiger partial charge in [0.2, 0.25) is 0 Å². The van der Waals surface area contributed by atoms with Crippen molar-refractivity contribution >= 4 is 9.84 Å². The highest BCUT2D eigenvalue weighted by molar-refractivity contribution is 7.91. The van der Waals surface area contributed by atoms with Crippen molar-refractivity contribution in [2.45, 2.75) is 69.5 Å². The van der Waals surface area contributed by atoms with Crippen LogP contribution in [0.1, 0.15) is 45.6 Å². The van der Waals surface area contributed by atoms with Crippen LogP contribution in [0, 0.1) is 5.92 Å². The minimum absolute atomic E-state index is 0.0218. The van der Waals surface area contributed by atoms with Gasteiger partial charge in [-0.05, 0) is 70.2 Å². The number of nitrogens with two attached hydrogens (primary N) is 1. The van der Waals surface area contributed by atoms with E-state index < -0.39 is 9.84 Å². The van der Waals surface area contributed by atoms with Crippen LogP contribution in [0.5, 0.6) is 0 Å². The van der Waals surface area contributed by atoms with Gasteiger partial charge in [-0.15, -0.1) is 0 Å². The van der Waals surface area contributed by atoms with E-state index >= 15 is 0 Å². The van der Waals surface area contributed by atoms with E-state index in [9.17, 15) is 8.42 Å². The summed E-state index contributed by atoms with van der Waals surface area (Å²) in [4.78, 5) is 2.77. The fraction of sp³-hybridized carbons (Fsp3) is 0.684. The van der Waals surface area contributed by atoms with E-state index in [1.165, 1.54) is 0 Å². The minimum Gasteiger partial charge on any atom is -0.327 e. The van der Waals surface area contributed by atoms with E-state index in [0.29, 0.717) is 17.0 Å². The molecule has 4 nitrogen and oxygen atoms in total. The van der Waals surface area contributed by atoms with Crippen LogP contribution in [0.3, 0.4) is 0 Å². The fourth-order valence-corrected chi connectivity index (χ4v) is 5.25. The van der Waals surface area contributed by atoms with Crippen LogP contribution in [-0.2, 0) is 16.3 Å². The average molecular weight is 353 g/mol. The standard InChI is InChI=1S/C19H32N2O2S/c1-5-15-6-9-18(10-7-15)24(22,23)13-16-12-17(8-11-19(16)20)21(4)14(2)3/h6-7,9-10,14,16-17,19H,5,8,11-13,20H2,1-4H3. The topological polar surface area (TPSA) is 63.4 Å². The molecule has 3 unspecified atom stereocenters. The number of aryl methyl sites for hydroxylation is 1. The molecule has 24 heavy (non-hydrogen) atoms. The monoisotopic (exact) mass is 352 g/mol. The van der Waals surface area contributed by atoms with E-state index in [0.717, 1.165) is 31.2 Å². The molecule has 0 radical (unpaired) electrons. The zero-order chi connectivity index (χ0) is 17.9. The summed E-state index contributed by atoms with van der Waals surface area (Å²) < 4.78 is 25.6. The van der Waals surface area contributed by atoms with Gasteiger partial charge in [0, 0.05) is 18.1 Å². The summed E-state index contributed by atoms with van der Waals surface area (Å²) in [5, 5.41) is 0. The van der Waals surface area contributed by atoms with E-state index in [1.807, 2.05) is 12.1 Å². The van der Waals surface area contributed by atoms with Gasteiger partial charge in [0.25, 0.3) is 0 Å². The summed E-state index contributed by atoms with van der Waals surface area (Å²) in [7, 11) is -1.16. The molecule has 1 aromatic carbocycles. The number of hydrogen-bond donors (Lipinski definition) is 1. The molecular formula is C19H32N2O2S. The fourth-order valence-electron chi connectivity index (χ4n) is 3.56. The SMILES string of the molecule is CCc1ccc(S(=O)(=O)CC2CC(N(C)C(C)C)CCC2N)cc1. The molecular weight excluding hydrogens is 320 g/mol. The number of nitrogens with zero attached hydrogens (tertiary/aromatic N) is 1. The molecule has 3 atom stereocenters. The second-order valence-corrected chi connectivity index (χ2v) is 9.46. The maximum absolute atomic E-state index is 12.8. The molecule has 2 N–H and O–H groups in total. The summed E-state index contributed by atoms with van der Waals surface area (Å²) in [5.74, 6) is 0.183. The highest BCUT2D eigenvalue weighted by atomic mass is 32.2. The lowest BCUT2D eigenvalue weighted by atomic mass is 9.82. The van der Waals surface area contributed by atoms with Crippen LogP contribution in [0.15, 0.2) is 29.2 Å². The molecule has 0 bridgehead atoms. The summed E-state index contributed by atoms with van der Waals surface area (Å²) in [6.07, 6.45) is 3.73. The zero-order valence-electron chi connectivity index (χ0n) is 15.4. The summed E-state index contributed by atoms with van der Waals surface area (Å²) in [6.45, 7) is 6.42. The lowest BCUT2D eigenvalue weighted by molar-refractivity contribution is 0.124. The molecule has 0 aromatic heterocycles. The number of hydrogen-bond acceptors (Lipinski definition) is 4. The highest BCUT2D eigenvalue weighted by Gasteiger charge is 2.34. The molecule has 0 spiro atoms. The molecule has 1 aliphatic carbocycles. The Balaban J connectivity index is 2.11. The molecule has 0 heterocycles. The normalized spacial score (nSPS) is 25.4. The predicted octanol–water partition coefficient (Wildman–Crippen LogP) is 2.86. The van der Waals surface area contributed by atoms with Crippen LogP contribution >= 0.6 is 0 Å². The quantitative estimate of drug-likeness (QED) is 0.855. The molecule has 1 aromatic rings. The second kappa shape index (κ2) is 7.98. The zero-order valence-corrected chi connectivity index (χ0v) is 16.2. The van der Waals surface area contributed by atoms with Crippen molar-refractivity contribution in [1.29, 1.82) is 0 Å². The third-order valence-corrected chi connectivity index (χ3v) is 7.39. The Hall–Kier alpha value is -0.910. The van der Waals surface area contributed by atoms with Crippen molar-refractivity contribution in [2.75, 3.05) is 12.8 Å². The van der Waals surface area contributed by atoms with Crippen LogP contribution < -0.4 is 5.73 Å². The number of sulfone groups is 1. The van der Waals surface area contributed by atoms with Crippen LogP contribution in [0.2, 0.25) is 0 Å². The third-order valence-electron chi connectivity index (χ3n) is 5.53. The number of benzene rings is 1. The van der Waals surface area contributed by atoms with Gasteiger partial charge in [-0.1, -0.05) is 19.1 Å². The number of rotatable bonds is 6. The highest BCUT2D eigenvalue weighted by Crippen LogP contribution is 2.30. The van der Waals surface area contributed by atoms with Crippen molar-refractivity contribution in [2.24, 2.45) is 11.7 Å². The molecule has 1 saturated carbocycles. The van der Waals surface area contributed by atoms with Crippen LogP contribution in [-0.4, -0.2) is 44.2 Å². The molecule has 5 heteroatoms. The first kappa shape index (κ1) is 19.4. The molecule has 136 valence electrons. The first-order valence-electron chi connectivity index (χ1n) is 9.03. The van der Waals surface area contributed by atoms with Crippen molar-refractivity contribution in [3.8, 4) is 0 Å². The molecule has 1 fully saturated rings. The summed E-state index contributed by atoms with van der Waals surface area (Å²) in [6, 6.07) is 8.15. The van der Waals surface area contributed by atoms with Crippen LogP contribution in [0.4, 0.5) is 0 Å². The maximum atomic E-state index is 12.8. The molecule has 0 saturated heterocycles. The molecule has 1 aliphatic rings. The van der Waals surface area contributed by atoms with Gasteiger partial charge in [-0.25, -0.2) is 8.42 Å². The Morgan fingerprint density at radius 1 is 1.21 bits per heavy atom. The van der Waals surface area contributed by atoms with Gasteiger partial charge < -0.3 is 10.6 Å². The van der Waals surface area contributed by atoms with Crippen LogP contribution in [0.25, 0.3) is 0 Å². The third kappa shape index (κ3) is 4.58. The van der Waals surface area contributed by atoms with Crippen molar-refractivity contribution in [3.63, 3.8) is 0 Å². The van der Waals surface area contributed by atoms with E-state index in [1.54, 1.807) is 12.1 Å². The van der Waals surface area contributed by atoms with Gasteiger partial charge in [0.15, 0.2) is 9.84 Å². The van der Waals surface area contributed by atoms with E-state index in [4.69, 9.17) is 5.73 Å².